The lowest BCUT2D eigenvalue weighted by Gasteiger charge is -2.23. The van der Waals surface area contributed by atoms with E-state index >= 15 is 0 Å². The van der Waals surface area contributed by atoms with E-state index in [1.54, 1.807) is 7.11 Å². The highest BCUT2D eigenvalue weighted by molar-refractivity contribution is 5.73. The first kappa shape index (κ1) is 12.4. The van der Waals surface area contributed by atoms with E-state index in [1.807, 2.05) is 0 Å². The van der Waals surface area contributed by atoms with Gasteiger partial charge in [0.05, 0.1) is 12.7 Å². The normalized spacial score (nSPS) is 27.9. The summed E-state index contributed by atoms with van der Waals surface area (Å²) in [5.41, 5.74) is 0. The monoisotopic (exact) mass is 217 g/mol. The molecule has 1 saturated carbocycles. The standard InChI is InChI=1S/C10H19NO4/c1-14-6-8(10(12)13)11-7-4-3-5-9(7)15-2/h7-9,11H,3-6H2,1-2H3,(H,12,13). The maximum atomic E-state index is 10.9. The summed E-state index contributed by atoms with van der Waals surface area (Å²) >= 11 is 0. The molecule has 88 valence electrons. The van der Waals surface area contributed by atoms with Crippen LogP contribution < -0.4 is 5.32 Å². The second kappa shape index (κ2) is 6.05. The van der Waals surface area contributed by atoms with Gasteiger partial charge in [-0.15, -0.1) is 0 Å². The Labute approximate surface area is 89.8 Å². The number of ether oxygens (including phenoxy) is 2. The Hall–Kier alpha value is -0.650. The van der Waals surface area contributed by atoms with Crippen molar-refractivity contribution < 1.29 is 19.4 Å². The van der Waals surface area contributed by atoms with Gasteiger partial charge in [-0.3, -0.25) is 10.1 Å². The molecule has 0 radical (unpaired) electrons. The van der Waals surface area contributed by atoms with Gasteiger partial charge in [0.25, 0.3) is 0 Å². The predicted octanol–water partition coefficient (Wildman–Crippen LogP) is 0.243. The number of carboxylic acids is 1. The van der Waals surface area contributed by atoms with E-state index in [-0.39, 0.29) is 18.8 Å². The predicted molar refractivity (Wildman–Crippen MR) is 54.9 cm³/mol. The van der Waals surface area contributed by atoms with Crippen molar-refractivity contribution in [2.75, 3.05) is 20.8 Å². The fourth-order valence-corrected chi connectivity index (χ4v) is 2.01. The Bertz CT molecular complexity index is 210. The van der Waals surface area contributed by atoms with Gasteiger partial charge >= 0.3 is 5.97 Å². The van der Waals surface area contributed by atoms with E-state index in [0.29, 0.717) is 0 Å². The third-order valence-corrected chi connectivity index (χ3v) is 2.80. The molecule has 5 heteroatoms. The molecule has 15 heavy (non-hydrogen) atoms. The van der Waals surface area contributed by atoms with E-state index in [4.69, 9.17) is 14.6 Å². The number of aliphatic carboxylic acids is 1. The maximum Gasteiger partial charge on any atom is 0.323 e. The van der Waals surface area contributed by atoms with E-state index in [2.05, 4.69) is 5.32 Å². The summed E-state index contributed by atoms with van der Waals surface area (Å²) in [6, 6.07) is -0.512. The second-order valence-electron chi connectivity index (χ2n) is 3.82. The van der Waals surface area contributed by atoms with Gasteiger partial charge < -0.3 is 14.6 Å². The van der Waals surface area contributed by atoms with Crippen LogP contribution in [-0.2, 0) is 14.3 Å². The number of carboxylic acid groups (broad SMARTS) is 1. The molecule has 1 rings (SSSR count). The Morgan fingerprint density at radius 3 is 2.80 bits per heavy atom. The summed E-state index contributed by atoms with van der Waals surface area (Å²) in [7, 11) is 3.16. The molecule has 1 fully saturated rings. The van der Waals surface area contributed by atoms with Crippen molar-refractivity contribution in [2.24, 2.45) is 0 Å². The average Bonchev–Trinajstić information content (AvgIpc) is 2.64. The van der Waals surface area contributed by atoms with Crippen molar-refractivity contribution in [1.29, 1.82) is 0 Å². The van der Waals surface area contributed by atoms with Gasteiger partial charge in [-0.25, -0.2) is 0 Å². The fraction of sp³-hybridized carbons (Fsp3) is 0.900. The molecular formula is C10H19NO4. The fourth-order valence-electron chi connectivity index (χ4n) is 2.01. The summed E-state index contributed by atoms with van der Waals surface area (Å²) < 4.78 is 10.1. The van der Waals surface area contributed by atoms with Gasteiger partial charge in [-0.2, -0.15) is 0 Å². The molecule has 0 aliphatic heterocycles. The molecule has 0 bridgehead atoms. The SMILES string of the molecule is COCC(NC1CCCC1OC)C(=O)O. The molecule has 0 heterocycles. The van der Waals surface area contributed by atoms with E-state index in [1.165, 1.54) is 7.11 Å². The van der Waals surface area contributed by atoms with Crippen LogP contribution in [0.3, 0.4) is 0 Å². The molecule has 1 aliphatic rings. The molecule has 0 aromatic heterocycles. The first-order valence-electron chi connectivity index (χ1n) is 5.19. The molecule has 0 spiro atoms. The van der Waals surface area contributed by atoms with Gasteiger partial charge in [0.2, 0.25) is 0 Å². The number of nitrogens with one attached hydrogen (secondary N) is 1. The summed E-state index contributed by atoms with van der Waals surface area (Å²) in [6.07, 6.45) is 3.17. The van der Waals surface area contributed by atoms with E-state index < -0.39 is 12.0 Å². The molecule has 3 atom stereocenters. The maximum absolute atomic E-state index is 10.9. The van der Waals surface area contributed by atoms with Crippen LogP contribution in [0.15, 0.2) is 0 Å². The molecule has 0 aromatic carbocycles. The topological polar surface area (TPSA) is 67.8 Å². The van der Waals surface area contributed by atoms with Gasteiger partial charge in [-0.05, 0) is 19.3 Å². The molecular weight excluding hydrogens is 198 g/mol. The zero-order chi connectivity index (χ0) is 11.3. The van der Waals surface area contributed by atoms with Gasteiger partial charge in [0.1, 0.15) is 6.04 Å². The van der Waals surface area contributed by atoms with Gasteiger partial charge in [0.15, 0.2) is 0 Å². The number of hydrogen-bond donors (Lipinski definition) is 2. The third-order valence-electron chi connectivity index (χ3n) is 2.80. The highest BCUT2D eigenvalue weighted by Crippen LogP contribution is 2.21. The van der Waals surface area contributed by atoms with Crippen molar-refractivity contribution >= 4 is 5.97 Å². The van der Waals surface area contributed by atoms with Crippen LogP contribution in [0.4, 0.5) is 0 Å². The first-order chi connectivity index (χ1) is 7.19. The second-order valence-corrected chi connectivity index (χ2v) is 3.82. The van der Waals surface area contributed by atoms with Crippen LogP contribution in [0.2, 0.25) is 0 Å². The summed E-state index contributed by atoms with van der Waals surface area (Å²) in [5, 5.41) is 12.0. The average molecular weight is 217 g/mol. The Morgan fingerprint density at radius 1 is 1.53 bits per heavy atom. The Morgan fingerprint density at radius 2 is 2.27 bits per heavy atom. The van der Waals surface area contributed by atoms with Crippen molar-refractivity contribution in [2.45, 2.75) is 37.5 Å². The molecule has 0 aromatic rings. The first-order valence-corrected chi connectivity index (χ1v) is 5.19. The van der Waals surface area contributed by atoms with Gasteiger partial charge in [-0.1, -0.05) is 0 Å². The molecule has 5 nitrogen and oxygen atoms in total. The summed E-state index contributed by atoms with van der Waals surface area (Å²) in [4.78, 5) is 10.9. The lowest BCUT2D eigenvalue weighted by atomic mass is 10.2. The van der Waals surface area contributed by atoms with E-state index in [0.717, 1.165) is 19.3 Å². The number of carbonyl (C=O) groups is 1. The van der Waals surface area contributed by atoms with Crippen molar-refractivity contribution in [3.63, 3.8) is 0 Å². The van der Waals surface area contributed by atoms with Crippen LogP contribution in [0.25, 0.3) is 0 Å². The Balaban J connectivity index is 2.46. The minimum atomic E-state index is -0.876. The number of methoxy groups -OCH3 is 2. The Kier molecular flexibility index (Phi) is 5.01. The molecule has 1 aliphatic carbocycles. The minimum Gasteiger partial charge on any atom is -0.480 e. The smallest absolute Gasteiger partial charge is 0.323 e. The molecule has 2 N–H and O–H groups in total. The van der Waals surface area contributed by atoms with Crippen molar-refractivity contribution in [3.05, 3.63) is 0 Å². The van der Waals surface area contributed by atoms with Gasteiger partial charge in [0, 0.05) is 20.3 Å². The van der Waals surface area contributed by atoms with Crippen LogP contribution in [0.5, 0.6) is 0 Å². The van der Waals surface area contributed by atoms with Crippen LogP contribution in [0, 0.1) is 0 Å². The summed E-state index contributed by atoms with van der Waals surface area (Å²) in [6.45, 7) is 0.183. The lowest BCUT2D eigenvalue weighted by molar-refractivity contribution is -0.141. The largest absolute Gasteiger partial charge is 0.480 e. The lowest BCUT2D eigenvalue weighted by Crippen LogP contribution is -2.49. The quantitative estimate of drug-likeness (QED) is 0.667. The zero-order valence-electron chi connectivity index (χ0n) is 9.23. The van der Waals surface area contributed by atoms with Crippen molar-refractivity contribution in [1.82, 2.24) is 5.32 Å². The molecule has 0 saturated heterocycles. The van der Waals surface area contributed by atoms with Crippen LogP contribution >= 0.6 is 0 Å². The van der Waals surface area contributed by atoms with Crippen LogP contribution in [0.1, 0.15) is 19.3 Å². The highest BCUT2D eigenvalue weighted by atomic mass is 16.5. The zero-order valence-corrected chi connectivity index (χ0v) is 9.23. The number of hydrogen-bond acceptors (Lipinski definition) is 4. The molecule has 0 amide bonds. The van der Waals surface area contributed by atoms with E-state index in [9.17, 15) is 4.79 Å². The third kappa shape index (κ3) is 3.44. The summed E-state index contributed by atoms with van der Waals surface area (Å²) in [5.74, 6) is -0.876. The van der Waals surface area contributed by atoms with Crippen LogP contribution in [-0.4, -0.2) is 50.1 Å². The molecule has 3 unspecified atom stereocenters. The highest BCUT2D eigenvalue weighted by Gasteiger charge is 2.30. The van der Waals surface area contributed by atoms with Crippen molar-refractivity contribution in [3.8, 4) is 0 Å². The number of rotatable bonds is 6. The minimum absolute atomic E-state index is 0.128.